The lowest BCUT2D eigenvalue weighted by Gasteiger charge is -2.31. The molecule has 6 heteroatoms. The van der Waals surface area contributed by atoms with Gasteiger partial charge in [0, 0.05) is 22.0 Å². The second-order valence-corrected chi connectivity index (χ2v) is 9.15. The van der Waals surface area contributed by atoms with Crippen molar-refractivity contribution in [1.29, 1.82) is 0 Å². The summed E-state index contributed by atoms with van der Waals surface area (Å²) in [5, 5.41) is 3.57. The lowest BCUT2D eigenvalue weighted by molar-refractivity contribution is -0.139. The number of carbonyl (C=O) groups excluding carboxylic acids is 2. The first-order valence-corrected chi connectivity index (χ1v) is 10.6. The van der Waals surface area contributed by atoms with E-state index in [0.717, 1.165) is 10.5 Å². The van der Waals surface area contributed by atoms with E-state index < -0.39 is 6.04 Å². The van der Waals surface area contributed by atoms with E-state index in [4.69, 9.17) is 11.6 Å². The number of nitrogens with one attached hydrogen (secondary N) is 1. The van der Waals surface area contributed by atoms with E-state index in [1.165, 1.54) is 11.8 Å². The van der Waals surface area contributed by atoms with Crippen LogP contribution in [0.4, 0.5) is 0 Å². The van der Waals surface area contributed by atoms with Gasteiger partial charge in [0.2, 0.25) is 11.8 Å². The van der Waals surface area contributed by atoms with Gasteiger partial charge >= 0.3 is 0 Å². The van der Waals surface area contributed by atoms with Gasteiger partial charge in [0.05, 0.1) is 5.75 Å². The van der Waals surface area contributed by atoms with Crippen LogP contribution in [0.5, 0.6) is 0 Å². The van der Waals surface area contributed by atoms with Gasteiger partial charge in [0.25, 0.3) is 0 Å². The molecule has 0 fully saturated rings. The molecule has 2 aromatic carbocycles. The standard InChI is InChI=1S/C22H27ClN2O2S/c1-16(21(27)24-22(2,3)4)25(14-17-9-8-10-18(23)13-17)20(26)15-28-19-11-6-5-7-12-19/h5-13,16H,14-15H2,1-4H3,(H,24,27). The van der Waals surface area contributed by atoms with Gasteiger partial charge in [-0.05, 0) is 57.5 Å². The largest absolute Gasteiger partial charge is 0.350 e. The molecule has 0 saturated carbocycles. The molecule has 0 aromatic heterocycles. The number of hydrogen-bond acceptors (Lipinski definition) is 3. The quantitative estimate of drug-likeness (QED) is 0.659. The Morgan fingerprint density at radius 1 is 1.11 bits per heavy atom. The van der Waals surface area contributed by atoms with Crippen molar-refractivity contribution >= 4 is 35.2 Å². The molecule has 0 heterocycles. The molecule has 1 atom stereocenters. The van der Waals surface area contributed by atoms with E-state index in [0.29, 0.717) is 11.6 Å². The molecule has 2 amide bonds. The van der Waals surface area contributed by atoms with Gasteiger partial charge in [-0.3, -0.25) is 9.59 Å². The van der Waals surface area contributed by atoms with Gasteiger partial charge in [0.15, 0.2) is 0 Å². The second kappa shape index (κ2) is 9.99. The first kappa shape index (κ1) is 22.3. The summed E-state index contributed by atoms with van der Waals surface area (Å²) in [7, 11) is 0. The lowest BCUT2D eigenvalue weighted by Crippen LogP contribution is -2.52. The van der Waals surface area contributed by atoms with Crippen molar-refractivity contribution in [2.24, 2.45) is 0 Å². The molecule has 4 nitrogen and oxygen atoms in total. The van der Waals surface area contributed by atoms with E-state index in [2.05, 4.69) is 5.32 Å². The highest BCUT2D eigenvalue weighted by atomic mass is 35.5. The fraction of sp³-hybridized carbons (Fsp3) is 0.364. The van der Waals surface area contributed by atoms with Crippen molar-refractivity contribution in [2.45, 2.75) is 50.7 Å². The van der Waals surface area contributed by atoms with Gasteiger partial charge in [0.1, 0.15) is 6.04 Å². The van der Waals surface area contributed by atoms with Crippen LogP contribution in [0.25, 0.3) is 0 Å². The molecule has 0 aliphatic rings. The molecule has 2 aromatic rings. The Hall–Kier alpha value is -1.98. The molecule has 2 rings (SSSR count). The maximum Gasteiger partial charge on any atom is 0.242 e. The Balaban J connectivity index is 2.16. The fourth-order valence-corrected chi connectivity index (χ4v) is 3.65. The topological polar surface area (TPSA) is 49.4 Å². The summed E-state index contributed by atoms with van der Waals surface area (Å²) in [6.45, 7) is 7.86. The summed E-state index contributed by atoms with van der Waals surface area (Å²) >= 11 is 7.56. The van der Waals surface area contributed by atoms with E-state index >= 15 is 0 Å². The lowest BCUT2D eigenvalue weighted by atomic mass is 10.1. The predicted molar refractivity (Wildman–Crippen MR) is 117 cm³/mol. The molecule has 0 aliphatic heterocycles. The van der Waals surface area contributed by atoms with Crippen molar-refractivity contribution in [1.82, 2.24) is 10.2 Å². The summed E-state index contributed by atoms with van der Waals surface area (Å²) < 4.78 is 0. The third kappa shape index (κ3) is 7.21. The highest BCUT2D eigenvalue weighted by molar-refractivity contribution is 8.00. The number of benzene rings is 2. The Morgan fingerprint density at radius 3 is 2.39 bits per heavy atom. The Bertz CT molecular complexity index is 806. The Morgan fingerprint density at radius 2 is 1.79 bits per heavy atom. The van der Waals surface area contributed by atoms with E-state index in [1.807, 2.05) is 69.3 Å². The van der Waals surface area contributed by atoms with Gasteiger partial charge < -0.3 is 10.2 Å². The van der Waals surface area contributed by atoms with Crippen LogP contribution in [0.15, 0.2) is 59.5 Å². The van der Waals surface area contributed by atoms with Crippen LogP contribution in [-0.2, 0) is 16.1 Å². The first-order chi connectivity index (χ1) is 13.2. The van der Waals surface area contributed by atoms with Crippen LogP contribution < -0.4 is 5.32 Å². The normalized spacial score (nSPS) is 12.3. The summed E-state index contributed by atoms with van der Waals surface area (Å²) in [5.41, 5.74) is 0.524. The zero-order valence-electron chi connectivity index (χ0n) is 16.7. The number of thioether (sulfide) groups is 1. The zero-order valence-corrected chi connectivity index (χ0v) is 18.3. The molecule has 1 N–H and O–H groups in total. The first-order valence-electron chi connectivity index (χ1n) is 9.19. The summed E-state index contributed by atoms with van der Waals surface area (Å²) in [6.07, 6.45) is 0. The van der Waals surface area contributed by atoms with Gasteiger partial charge in [-0.25, -0.2) is 0 Å². The number of hydrogen-bond donors (Lipinski definition) is 1. The molecule has 1 unspecified atom stereocenters. The maximum atomic E-state index is 13.0. The fourth-order valence-electron chi connectivity index (χ4n) is 2.63. The summed E-state index contributed by atoms with van der Waals surface area (Å²) in [6, 6.07) is 16.5. The van der Waals surface area contributed by atoms with Crippen molar-refractivity contribution in [3.05, 3.63) is 65.2 Å². The molecular formula is C22H27ClN2O2S. The Labute approximate surface area is 176 Å². The number of carbonyl (C=O) groups is 2. The molecular weight excluding hydrogens is 392 g/mol. The molecule has 0 bridgehead atoms. The number of rotatable bonds is 7. The smallest absolute Gasteiger partial charge is 0.242 e. The van der Waals surface area contributed by atoms with E-state index in [-0.39, 0.29) is 23.1 Å². The molecule has 150 valence electrons. The minimum Gasteiger partial charge on any atom is -0.350 e. The highest BCUT2D eigenvalue weighted by Crippen LogP contribution is 2.20. The van der Waals surface area contributed by atoms with Crippen molar-refractivity contribution in [3.63, 3.8) is 0 Å². The zero-order chi connectivity index (χ0) is 20.7. The maximum absolute atomic E-state index is 13.0. The third-order valence-electron chi connectivity index (χ3n) is 4.01. The second-order valence-electron chi connectivity index (χ2n) is 7.67. The van der Waals surface area contributed by atoms with Crippen LogP contribution in [0.1, 0.15) is 33.3 Å². The number of halogens is 1. The highest BCUT2D eigenvalue weighted by Gasteiger charge is 2.28. The van der Waals surface area contributed by atoms with Crippen LogP contribution in [-0.4, -0.2) is 34.0 Å². The number of nitrogens with zero attached hydrogens (tertiary/aromatic N) is 1. The third-order valence-corrected chi connectivity index (χ3v) is 5.24. The van der Waals surface area contributed by atoms with E-state index in [9.17, 15) is 9.59 Å². The summed E-state index contributed by atoms with van der Waals surface area (Å²) in [5.74, 6) is -0.00414. The van der Waals surface area contributed by atoms with Crippen LogP contribution in [0.2, 0.25) is 5.02 Å². The average Bonchev–Trinajstić information content (AvgIpc) is 2.63. The van der Waals surface area contributed by atoms with Gasteiger partial charge in [-0.2, -0.15) is 0 Å². The van der Waals surface area contributed by atoms with Gasteiger partial charge in [-0.1, -0.05) is 41.9 Å². The minimum absolute atomic E-state index is 0.0922. The van der Waals surface area contributed by atoms with Crippen molar-refractivity contribution in [3.8, 4) is 0 Å². The number of amides is 2. The van der Waals surface area contributed by atoms with Crippen molar-refractivity contribution in [2.75, 3.05) is 5.75 Å². The van der Waals surface area contributed by atoms with E-state index in [1.54, 1.807) is 17.9 Å². The van der Waals surface area contributed by atoms with Crippen LogP contribution in [0.3, 0.4) is 0 Å². The Kier molecular flexibility index (Phi) is 7.96. The molecule has 0 radical (unpaired) electrons. The minimum atomic E-state index is -0.595. The van der Waals surface area contributed by atoms with Crippen LogP contribution in [0, 0.1) is 0 Å². The molecule has 0 saturated heterocycles. The molecule has 0 aliphatic carbocycles. The monoisotopic (exact) mass is 418 g/mol. The molecule has 0 spiro atoms. The summed E-state index contributed by atoms with van der Waals surface area (Å²) in [4.78, 5) is 28.3. The van der Waals surface area contributed by atoms with Crippen molar-refractivity contribution < 1.29 is 9.59 Å². The van der Waals surface area contributed by atoms with Gasteiger partial charge in [-0.15, -0.1) is 11.8 Å². The molecule has 28 heavy (non-hydrogen) atoms. The average molecular weight is 419 g/mol. The predicted octanol–water partition coefficient (Wildman–Crippen LogP) is 4.76. The SMILES string of the molecule is CC(C(=O)NC(C)(C)C)N(Cc1cccc(Cl)c1)C(=O)CSc1ccccc1. The van der Waals surface area contributed by atoms with Crippen LogP contribution >= 0.6 is 23.4 Å².